The lowest BCUT2D eigenvalue weighted by molar-refractivity contribution is -0.138. The molecule has 0 heterocycles. The predicted molar refractivity (Wildman–Crippen MR) is 114 cm³/mol. The first-order chi connectivity index (χ1) is 13.9. The van der Waals surface area contributed by atoms with Gasteiger partial charge in [-0.1, -0.05) is 60.7 Å². The molecule has 0 aliphatic carbocycles. The zero-order valence-electron chi connectivity index (χ0n) is 16.7. The van der Waals surface area contributed by atoms with E-state index in [-0.39, 0.29) is 23.6 Å². The van der Waals surface area contributed by atoms with E-state index in [4.69, 9.17) is 4.74 Å². The molecule has 0 saturated carbocycles. The number of nitrogens with zero attached hydrogens (tertiary/aromatic N) is 2. The molecule has 0 aliphatic rings. The molecular formula is C23H24N2O4. The molecular weight excluding hydrogens is 368 g/mol. The second kappa shape index (κ2) is 10.6. The van der Waals surface area contributed by atoms with Gasteiger partial charge in [0.15, 0.2) is 11.5 Å². The largest absolute Gasteiger partial charge is 0.506 e. The number of Topliss-reactive ketones (excluding diaryl/α,β-unsaturated/α-hetero) is 1. The summed E-state index contributed by atoms with van der Waals surface area (Å²) in [6.07, 6.45) is 2.68. The quantitative estimate of drug-likeness (QED) is 0.242. The van der Waals surface area contributed by atoms with Crippen LogP contribution >= 0.6 is 0 Å². The fraction of sp³-hybridized carbons (Fsp3) is 0.174. The normalized spacial score (nSPS) is 12.4. The standard InChI is InChI=1S/C23H24N2O4/c1-4-29-23(28)20(16-25(2)3)24-15-19(21(26)17-11-7-5-8-12-17)22(27)18-13-9-6-10-14-18/h5-16,26H,4H2,1-3H3/b20-16-,21-19-,24-15+. The molecule has 0 aromatic heterocycles. The fourth-order valence-corrected chi connectivity index (χ4v) is 2.45. The van der Waals surface area contributed by atoms with E-state index >= 15 is 0 Å². The Morgan fingerprint density at radius 3 is 2.07 bits per heavy atom. The number of hydrogen-bond donors (Lipinski definition) is 1. The van der Waals surface area contributed by atoms with Crippen molar-refractivity contribution in [2.75, 3.05) is 20.7 Å². The van der Waals surface area contributed by atoms with Gasteiger partial charge in [-0.15, -0.1) is 0 Å². The summed E-state index contributed by atoms with van der Waals surface area (Å²) in [4.78, 5) is 31.0. The second-order valence-corrected chi connectivity index (χ2v) is 6.28. The van der Waals surface area contributed by atoms with E-state index < -0.39 is 11.8 Å². The SMILES string of the molecule is CCOC(=O)C(=C/N(C)C)/N=C/C(C(=O)c1ccccc1)=C(/O)c1ccccc1. The third-order valence-electron chi connectivity index (χ3n) is 3.78. The summed E-state index contributed by atoms with van der Waals surface area (Å²) in [6.45, 7) is 1.89. The van der Waals surface area contributed by atoms with E-state index in [0.717, 1.165) is 0 Å². The lowest BCUT2D eigenvalue weighted by atomic mass is 10.00. The van der Waals surface area contributed by atoms with Crippen molar-refractivity contribution in [3.63, 3.8) is 0 Å². The number of esters is 1. The Hall–Kier alpha value is -3.67. The summed E-state index contributed by atoms with van der Waals surface area (Å²) < 4.78 is 5.02. The summed E-state index contributed by atoms with van der Waals surface area (Å²) in [6, 6.07) is 17.2. The highest BCUT2D eigenvalue weighted by molar-refractivity contribution is 6.25. The van der Waals surface area contributed by atoms with Gasteiger partial charge in [0.05, 0.1) is 12.2 Å². The highest BCUT2D eigenvalue weighted by atomic mass is 16.5. The Morgan fingerprint density at radius 2 is 1.55 bits per heavy atom. The Kier molecular flexibility index (Phi) is 7.91. The van der Waals surface area contributed by atoms with Crippen molar-refractivity contribution in [3.8, 4) is 0 Å². The number of benzene rings is 2. The van der Waals surface area contributed by atoms with Crippen molar-refractivity contribution in [3.05, 3.63) is 89.3 Å². The van der Waals surface area contributed by atoms with Gasteiger partial charge in [-0.05, 0) is 6.92 Å². The van der Waals surface area contributed by atoms with Crippen LogP contribution in [0.1, 0.15) is 22.8 Å². The van der Waals surface area contributed by atoms with E-state index in [1.165, 1.54) is 12.4 Å². The zero-order valence-corrected chi connectivity index (χ0v) is 16.7. The van der Waals surface area contributed by atoms with Crippen molar-refractivity contribution >= 4 is 23.7 Å². The van der Waals surface area contributed by atoms with Gasteiger partial charge in [0.25, 0.3) is 0 Å². The zero-order chi connectivity index (χ0) is 21.2. The molecule has 2 rings (SSSR count). The molecule has 0 spiro atoms. The predicted octanol–water partition coefficient (Wildman–Crippen LogP) is 3.88. The van der Waals surface area contributed by atoms with Crippen LogP contribution in [0, 0.1) is 0 Å². The topological polar surface area (TPSA) is 79.2 Å². The minimum atomic E-state index is -0.622. The van der Waals surface area contributed by atoms with Crippen molar-refractivity contribution in [2.24, 2.45) is 4.99 Å². The first-order valence-corrected chi connectivity index (χ1v) is 9.11. The van der Waals surface area contributed by atoms with Crippen LogP contribution in [0.25, 0.3) is 5.76 Å². The van der Waals surface area contributed by atoms with Gasteiger partial charge in [-0.2, -0.15) is 0 Å². The maximum Gasteiger partial charge on any atom is 0.358 e. The van der Waals surface area contributed by atoms with Crippen LogP contribution in [0.4, 0.5) is 0 Å². The van der Waals surface area contributed by atoms with Crippen molar-refractivity contribution < 1.29 is 19.4 Å². The van der Waals surface area contributed by atoms with E-state index in [0.29, 0.717) is 11.1 Å². The van der Waals surface area contributed by atoms with Crippen LogP contribution in [0.5, 0.6) is 0 Å². The van der Waals surface area contributed by atoms with Gasteiger partial charge in [0, 0.05) is 37.6 Å². The molecule has 0 aliphatic heterocycles. The number of hydrogen-bond acceptors (Lipinski definition) is 6. The molecule has 0 atom stereocenters. The van der Waals surface area contributed by atoms with E-state index in [1.54, 1.807) is 80.5 Å². The van der Waals surface area contributed by atoms with E-state index in [1.807, 2.05) is 6.07 Å². The van der Waals surface area contributed by atoms with Crippen molar-refractivity contribution in [1.29, 1.82) is 0 Å². The molecule has 6 nitrogen and oxygen atoms in total. The van der Waals surface area contributed by atoms with E-state index in [9.17, 15) is 14.7 Å². The minimum Gasteiger partial charge on any atom is -0.506 e. The van der Waals surface area contributed by atoms with Gasteiger partial charge < -0.3 is 14.7 Å². The van der Waals surface area contributed by atoms with Crippen LogP contribution in [0.15, 0.2) is 83.1 Å². The number of rotatable bonds is 8. The van der Waals surface area contributed by atoms with Gasteiger partial charge in [-0.25, -0.2) is 9.79 Å². The van der Waals surface area contributed by atoms with Crippen LogP contribution in [0.2, 0.25) is 0 Å². The third-order valence-corrected chi connectivity index (χ3v) is 3.78. The number of allylic oxidation sites excluding steroid dienone is 1. The first kappa shape index (κ1) is 21.6. The molecule has 0 bridgehead atoms. The second-order valence-electron chi connectivity index (χ2n) is 6.28. The number of aliphatic hydroxyl groups is 1. The van der Waals surface area contributed by atoms with Crippen molar-refractivity contribution in [2.45, 2.75) is 6.92 Å². The molecule has 0 amide bonds. The number of aliphatic hydroxyl groups excluding tert-OH is 1. The summed E-state index contributed by atoms with van der Waals surface area (Å²) in [5.74, 6) is -1.26. The van der Waals surface area contributed by atoms with Gasteiger partial charge in [-0.3, -0.25) is 4.79 Å². The number of carbonyl (C=O) groups excluding carboxylic acids is 2. The smallest absolute Gasteiger partial charge is 0.358 e. The summed E-state index contributed by atoms with van der Waals surface area (Å²) >= 11 is 0. The Balaban J connectivity index is 2.54. The number of ketones is 1. The summed E-state index contributed by atoms with van der Waals surface area (Å²) in [5.41, 5.74) is 0.839. The minimum absolute atomic E-state index is 0.0103. The number of carbonyl (C=O) groups is 2. The average Bonchev–Trinajstić information content (AvgIpc) is 2.73. The van der Waals surface area contributed by atoms with Crippen molar-refractivity contribution in [1.82, 2.24) is 4.90 Å². The van der Waals surface area contributed by atoms with E-state index in [2.05, 4.69) is 4.99 Å². The lowest BCUT2D eigenvalue weighted by Gasteiger charge is -2.09. The molecule has 150 valence electrons. The molecule has 2 aromatic rings. The van der Waals surface area contributed by atoms with Crippen LogP contribution in [-0.4, -0.2) is 48.7 Å². The van der Waals surface area contributed by atoms with Crippen LogP contribution in [-0.2, 0) is 9.53 Å². The first-order valence-electron chi connectivity index (χ1n) is 9.11. The van der Waals surface area contributed by atoms with Gasteiger partial charge in [0.1, 0.15) is 5.76 Å². The van der Waals surface area contributed by atoms with Gasteiger partial charge >= 0.3 is 5.97 Å². The van der Waals surface area contributed by atoms with Crippen LogP contribution < -0.4 is 0 Å². The Bertz CT molecular complexity index is 930. The molecule has 29 heavy (non-hydrogen) atoms. The van der Waals surface area contributed by atoms with Crippen LogP contribution in [0.3, 0.4) is 0 Å². The number of ether oxygens (including phenoxy) is 1. The summed E-state index contributed by atoms with van der Waals surface area (Å²) in [5, 5.41) is 10.8. The maximum atomic E-state index is 13.0. The molecule has 0 unspecified atom stereocenters. The Morgan fingerprint density at radius 1 is 1.00 bits per heavy atom. The highest BCUT2D eigenvalue weighted by Crippen LogP contribution is 2.19. The Labute approximate surface area is 170 Å². The molecule has 1 N–H and O–H groups in total. The van der Waals surface area contributed by atoms with Gasteiger partial charge in [0.2, 0.25) is 0 Å². The maximum absolute atomic E-state index is 13.0. The lowest BCUT2D eigenvalue weighted by Crippen LogP contribution is -2.13. The molecule has 2 aromatic carbocycles. The fourth-order valence-electron chi connectivity index (χ4n) is 2.45. The molecule has 0 saturated heterocycles. The highest BCUT2D eigenvalue weighted by Gasteiger charge is 2.18. The molecule has 0 radical (unpaired) electrons. The average molecular weight is 392 g/mol. The summed E-state index contributed by atoms with van der Waals surface area (Å²) in [7, 11) is 3.48. The number of aliphatic imine (C=N–C) groups is 1. The monoisotopic (exact) mass is 392 g/mol. The third kappa shape index (κ3) is 6.17. The molecule has 6 heteroatoms. The molecule has 0 fully saturated rings.